The predicted octanol–water partition coefficient (Wildman–Crippen LogP) is 7.29. The van der Waals surface area contributed by atoms with Crippen molar-refractivity contribution in [2.24, 2.45) is 11.3 Å². The number of esters is 3. The molecule has 0 unspecified atom stereocenters. The second-order valence-corrected chi connectivity index (χ2v) is 12.8. The van der Waals surface area contributed by atoms with E-state index in [-0.39, 0.29) is 23.4 Å². The van der Waals surface area contributed by atoms with Crippen LogP contribution in [0.15, 0.2) is 35.9 Å². The minimum atomic E-state index is -0.466. The van der Waals surface area contributed by atoms with Crippen molar-refractivity contribution < 1.29 is 38.1 Å². The zero-order valence-corrected chi connectivity index (χ0v) is 27.3. The van der Waals surface area contributed by atoms with Gasteiger partial charge in [0.1, 0.15) is 23.2 Å². The minimum absolute atomic E-state index is 0.107. The van der Waals surface area contributed by atoms with Gasteiger partial charge in [-0.2, -0.15) is 0 Å². The molecule has 8 nitrogen and oxygen atoms in total. The summed E-state index contributed by atoms with van der Waals surface area (Å²) in [5.41, 5.74) is 3.56. The second-order valence-electron chi connectivity index (χ2n) is 12.8. The summed E-state index contributed by atoms with van der Waals surface area (Å²) in [6, 6.07) is 7.55. The van der Waals surface area contributed by atoms with Crippen LogP contribution in [0, 0.1) is 11.3 Å². The zero-order valence-electron chi connectivity index (χ0n) is 27.3. The summed E-state index contributed by atoms with van der Waals surface area (Å²) in [7, 11) is 1.63. The summed E-state index contributed by atoms with van der Waals surface area (Å²) in [5, 5.41) is 0. The lowest BCUT2D eigenvalue weighted by molar-refractivity contribution is -0.177. The molecule has 8 heteroatoms. The molecular weight excluding hydrogens is 560 g/mol. The van der Waals surface area contributed by atoms with Crippen LogP contribution in [-0.2, 0) is 32.0 Å². The molecule has 0 amide bonds. The maximum absolute atomic E-state index is 12.0. The average molecular weight is 605 g/mol. The molecule has 236 valence electrons. The highest BCUT2D eigenvalue weighted by atomic mass is 16.6. The molecule has 2 aliphatic rings. The highest BCUT2D eigenvalue weighted by molar-refractivity contribution is 5.77. The van der Waals surface area contributed by atoms with E-state index in [4.69, 9.17) is 23.7 Å². The Bertz CT molecular complexity index is 1470. The average Bonchev–Trinajstić information content (AvgIpc) is 2.91. The molecule has 4 rings (SSSR count). The standard InChI is InChI=1S/C36H44O8/c1-21(2)10-13-28-29(41-22(3)37)17-26(18-30(28)42-23(4)38)12-11-25-16-27-20-32-35(6,7)33(43-24(5)39)14-15-36(32,8)44-34(27)31(19-25)40-9/h10-12,16-19,32-33H,13-15,20H2,1-9H3/b12-11+/t32-,33-,36-/m1/s1. The van der Waals surface area contributed by atoms with Crippen molar-refractivity contribution in [1.29, 1.82) is 0 Å². The number of carbonyl (C=O) groups is 3. The van der Waals surface area contributed by atoms with Crippen LogP contribution in [0.4, 0.5) is 0 Å². The minimum Gasteiger partial charge on any atom is -0.493 e. The van der Waals surface area contributed by atoms with Gasteiger partial charge < -0.3 is 23.7 Å². The first-order valence-electron chi connectivity index (χ1n) is 15.0. The van der Waals surface area contributed by atoms with Crippen molar-refractivity contribution in [1.82, 2.24) is 0 Å². The van der Waals surface area contributed by atoms with E-state index in [1.54, 1.807) is 19.2 Å². The SMILES string of the molecule is COc1cc(/C=C/c2cc(OC(C)=O)c(CC=C(C)C)c(OC(C)=O)c2)cc2c1O[C@]1(C)CC[C@@H](OC(C)=O)C(C)(C)[C@H]1C2. The predicted molar refractivity (Wildman–Crippen MR) is 169 cm³/mol. The van der Waals surface area contributed by atoms with Crippen molar-refractivity contribution >= 4 is 30.1 Å². The Balaban J connectivity index is 1.73. The van der Waals surface area contributed by atoms with Crippen LogP contribution in [0.3, 0.4) is 0 Å². The van der Waals surface area contributed by atoms with Gasteiger partial charge in [0.25, 0.3) is 0 Å². The van der Waals surface area contributed by atoms with Gasteiger partial charge in [0, 0.05) is 37.7 Å². The Kier molecular flexibility index (Phi) is 9.62. The molecule has 2 aromatic rings. The summed E-state index contributed by atoms with van der Waals surface area (Å²) < 4.78 is 29.4. The van der Waals surface area contributed by atoms with Crippen LogP contribution in [0.5, 0.6) is 23.0 Å². The molecule has 0 spiro atoms. The van der Waals surface area contributed by atoms with Crippen LogP contribution in [0.2, 0.25) is 0 Å². The van der Waals surface area contributed by atoms with Crippen molar-refractivity contribution in [2.75, 3.05) is 7.11 Å². The van der Waals surface area contributed by atoms with Crippen LogP contribution >= 0.6 is 0 Å². The molecule has 0 saturated heterocycles. The van der Waals surface area contributed by atoms with Gasteiger partial charge in [-0.1, -0.05) is 37.6 Å². The second kappa shape index (κ2) is 12.9. The van der Waals surface area contributed by atoms with E-state index in [1.165, 1.54) is 20.8 Å². The van der Waals surface area contributed by atoms with Crippen LogP contribution < -0.4 is 18.9 Å². The number of rotatable bonds is 8. The van der Waals surface area contributed by atoms with Gasteiger partial charge in [0.2, 0.25) is 0 Å². The van der Waals surface area contributed by atoms with E-state index in [0.717, 1.165) is 41.7 Å². The van der Waals surface area contributed by atoms with Gasteiger partial charge in [-0.25, -0.2) is 0 Å². The van der Waals surface area contributed by atoms with E-state index in [2.05, 4.69) is 26.8 Å². The Morgan fingerprint density at radius 2 is 1.43 bits per heavy atom. The normalized spacial score (nSPS) is 21.8. The maximum Gasteiger partial charge on any atom is 0.308 e. The summed E-state index contributed by atoms with van der Waals surface area (Å²) in [5.74, 6) is 0.963. The van der Waals surface area contributed by atoms with Gasteiger partial charge in [-0.05, 0) is 87.4 Å². The quantitative estimate of drug-likeness (QED) is 0.134. The molecule has 1 saturated carbocycles. The molecule has 0 radical (unpaired) electrons. The number of hydrogen-bond donors (Lipinski definition) is 0. The van der Waals surface area contributed by atoms with Gasteiger partial charge in [0.05, 0.1) is 7.11 Å². The third kappa shape index (κ3) is 7.17. The third-order valence-electron chi connectivity index (χ3n) is 8.69. The fourth-order valence-electron chi connectivity index (χ4n) is 6.57. The van der Waals surface area contributed by atoms with Crippen LogP contribution in [-0.4, -0.2) is 36.7 Å². The smallest absolute Gasteiger partial charge is 0.308 e. The lowest BCUT2D eigenvalue weighted by atomic mass is 9.57. The van der Waals surface area contributed by atoms with E-state index < -0.39 is 17.5 Å². The fourth-order valence-corrected chi connectivity index (χ4v) is 6.57. The fraction of sp³-hybridized carbons (Fsp3) is 0.472. The number of hydrogen-bond acceptors (Lipinski definition) is 8. The molecule has 44 heavy (non-hydrogen) atoms. The highest BCUT2D eigenvalue weighted by Gasteiger charge is 2.56. The summed E-state index contributed by atoms with van der Waals surface area (Å²) in [6.07, 6.45) is 8.28. The molecule has 3 atom stereocenters. The number of ether oxygens (including phenoxy) is 5. The Morgan fingerprint density at radius 1 is 0.864 bits per heavy atom. The summed E-state index contributed by atoms with van der Waals surface area (Å²) >= 11 is 0. The van der Waals surface area contributed by atoms with Crippen molar-refractivity contribution in [3.8, 4) is 23.0 Å². The molecular formula is C36H44O8. The van der Waals surface area contributed by atoms with E-state index in [1.807, 2.05) is 38.1 Å². The van der Waals surface area contributed by atoms with E-state index in [9.17, 15) is 14.4 Å². The highest BCUT2D eigenvalue weighted by Crippen LogP contribution is 2.55. The molecule has 1 aliphatic carbocycles. The largest absolute Gasteiger partial charge is 0.493 e. The summed E-state index contributed by atoms with van der Waals surface area (Å²) in [4.78, 5) is 35.8. The number of allylic oxidation sites excluding steroid dienone is 2. The molecule has 2 aromatic carbocycles. The monoisotopic (exact) mass is 604 g/mol. The van der Waals surface area contributed by atoms with Crippen molar-refractivity contribution in [3.63, 3.8) is 0 Å². The molecule has 0 bridgehead atoms. The van der Waals surface area contributed by atoms with Gasteiger partial charge in [0.15, 0.2) is 11.5 Å². The van der Waals surface area contributed by atoms with Crippen molar-refractivity contribution in [2.45, 2.75) is 92.8 Å². The maximum atomic E-state index is 12.0. The first-order valence-corrected chi connectivity index (χ1v) is 15.0. The number of fused-ring (bicyclic) bond motifs is 2. The van der Waals surface area contributed by atoms with Crippen LogP contribution in [0.1, 0.15) is 90.5 Å². The lowest BCUT2D eigenvalue weighted by Crippen LogP contribution is -2.59. The topological polar surface area (TPSA) is 97.4 Å². The lowest BCUT2D eigenvalue weighted by Gasteiger charge is -2.55. The van der Waals surface area contributed by atoms with Crippen LogP contribution in [0.25, 0.3) is 12.2 Å². The molecule has 0 aromatic heterocycles. The summed E-state index contributed by atoms with van der Waals surface area (Å²) in [6.45, 7) is 14.5. The Morgan fingerprint density at radius 3 is 1.95 bits per heavy atom. The Labute approximate surface area is 260 Å². The molecule has 1 fully saturated rings. The van der Waals surface area contributed by atoms with E-state index >= 15 is 0 Å². The number of benzene rings is 2. The number of carbonyl (C=O) groups excluding carboxylic acids is 3. The zero-order chi connectivity index (χ0) is 32.4. The first-order chi connectivity index (χ1) is 20.6. The van der Waals surface area contributed by atoms with Gasteiger partial charge >= 0.3 is 17.9 Å². The molecule has 1 heterocycles. The van der Waals surface area contributed by atoms with Gasteiger partial charge in [-0.3, -0.25) is 14.4 Å². The molecule has 1 aliphatic heterocycles. The Hall–Kier alpha value is -4.07. The third-order valence-corrected chi connectivity index (χ3v) is 8.69. The number of methoxy groups -OCH3 is 1. The molecule has 0 N–H and O–H groups in total. The van der Waals surface area contributed by atoms with Crippen molar-refractivity contribution in [3.05, 3.63) is 58.2 Å². The van der Waals surface area contributed by atoms with Gasteiger partial charge in [-0.15, -0.1) is 0 Å². The van der Waals surface area contributed by atoms with E-state index in [0.29, 0.717) is 34.8 Å². The first kappa shape index (κ1) is 32.8.